The zero-order valence-electron chi connectivity index (χ0n) is 16.8. The molecular formula is C20H19F3N4O4. The Balaban J connectivity index is 2.14. The number of benzene rings is 1. The van der Waals surface area contributed by atoms with Crippen molar-refractivity contribution in [3.05, 3.63) is 47.8 Å². The molecular weight excluding hydrogens is 417 g/mol. The molecule has 3 aromatic rings. The Kier molecular flexibility index (Phi) is 5.87. The Morgan fingerprint density at radius 2 is 1.84 bits per heavy atom. The molecule has 3 rings (SSSR count). The maximum absolute atomic E-state index is 13.7. The van der Waals surface area contributed by atoms with Crippen LogP contribution in [0.5, 0.6) is 5.75 Å². The number of methoxy groups -OCH3 is 1. The Morgan fingerprint density at radius 1 is 1.19 bits per heavy atom. The fourth-order valence-electron chi connectivity index (χ4n) is 2.97. The number of carboxylic acids is 1. The van der Waals surface area contributed by atoms with E-state index in [9.17, 15) is 27.9 Å². The van der Waals surface area contributed by atoms with Crippen molar-refractivity contribution >= 4 is 17.5 Å². The molecule has 0 radical (unpaired) electrons. The van der Waals surface area contributed by atoms with Crippen molar-refractivity contribution in [2.45, 2.75) is 26.1 Å². The van der Waals surface area contributed by atoms with Gasteiger partial charge in [-0.25, -0.2) is 14.3 Å². The van der Waals surface area contributed by atoms with Crippen LogP contribution in [0.1, 0.15) is 29.9 Å². The van der Waals surface area contributed by atoms with Gasteiger partial charge in [0.15, 0.2) is 11.3 Å². The van der Waals surface area contributed by atoms with Gasteiger partial charge in [-0.15, -0.1) is 0 Å². The molecule has 11 heteroatoms. The van der Waals surface area contributed by atoms with Crippen molar-refractivity contribution in [3.8, 4) is 17.0 Å². The second kappa shape index (κ2) is 8.25. The Morgan fingerprint density at radius 3 is 2.35 bits per heavy atom. The maximum atomic E-state index is 13.7. The summed E-state index contributed by atoms with van der Waals surface area (Å²) in [6.45, 7) is 3.19. The number of nitrogens with one attached hydrogen (secondary N) is 1. The molecule has 8 nitrogen and oxygen atoms in total. The lowest BCUT2D eigenvalue weighted by atomic mass is 10.0. The standard InChI is InChI=1S/C20H19F3N4O4/c1-10(2)16(19(29)30)26-18(28)13-9-24-27-15(20(21,22)23)8-14(25-17(13)27)11-4-6-12(31-3)7-5-11/h4-10,16H,1-3H3,(H,26,28)(H,29,30)/t16-/m0/s1. The molecule has 0 unspecified atom stereocenters. The molecule has 2 aromatic heterocycles. The molecule has 0 aliphatic rings. The first-order valence-electron chi connectivity index (χ1n) is 9.17. The highest BCUT2D eigenvalue weighted by molar-refractivity contribution is 6.01. The zero-order chi connectivity index (χ0) is 22.9. The summed E-state index contributed by atoms with van der Waals surface area (Å²) in [7, 11) is 1.46. The number of carbonyl (C=O) groups is 2. The largest absolute Gasteiger partial charge is 0.497 e. The lowest BCUT2D eigenvalue weighted by Gasteiger charge is -2.17. The summed E-state index contributed by atoms with van der Waals surface area (Å²) < 4.78 is 46.6. The van der Waals surface area contributed by atoms with Crippen LogP contribution in [0, 0.1) is 5.92 Å². The first kappa shape index (κ1) is 22.1. The lowest BCUT2D eigenvalue weighted by molar-refractivity contribution is -0.142. The van der Waals surface area contributed by atoms with Gasteiger partial charge in [0.1, 0.15) is 17.4 Å². The summed E-state index contributed by atoms with van der Waals surface area (Å²) in [5, 5.41) is 15.3. The van der Waals surface area contributed by atoms with Gasteiger partial charge in [0.05, 0.1) is 19.0 Å². The number of ether oxygens (including phenoxy) is 1. The number of carboxylic acid groups (broad SMARTS) is 1. The minimum absolute atomic E-state index is 0.0318. The summed E-state index contributed by atoms with van der Waals surface area (Å²) in [6.07, 6.45) is -3.84. The van der Waals surface area contributed by atoms with Crippen molar-refractivity contribution in [2.75, 3.05) is 7.11 Å². The predicted octanol–water partition coefficient (Wildman–Crippen LogP) is 3.26. The molecule has 0 aliphatic heterocycles. The number of hydrogen-bond acceptors (Lipinski definition) is 5. The van der Waals surface area contributed by atoms with Crippen molar-refractivity contribution in [1.82, 2.24) is 19.9 Å². The number of aromatic nitrogens is 3. The quantitative estimate of drug-likeness (QED) is 0.615. The van der Waals surface area contributed by atoms with Gasteiger partial charge in [-0.3, -0.25) is 4.79 Å². The number of alkyl halides is 3. The summed E-state index contributed by atoms with van der Waals surface area (Å²) in [4.78, 5) is 28.2. The minimum Gasteiger partial charge on any atom is -0.497 e. The molecule has 1 aromatic carbocycles. The van der Waals surface area contributed by atoms with Crippen LogP contribution in [0.3, 0.4) is 0 Å². The number of nitrogens with zero attached hydrogens (tertiary/aromatic N) is 3. The minimum atomic E-state index is -4.77. The molecule has 2 heterocycles. The van der Waals surface area contributed by atoms with E-state index in [0.717, 1.165) is 12.3 Å². The van der Waals surface area contributed by atoms with Crippen LogP contribution in [0.15, 0.2) is 36.5 Å². The first-order chi connectivity index (χ1) is 14.5. The molecule has 2 N–H and O–H groups in total. The van der Waals surface area contributed by atoms with Crippen LogP contribution in [0.25, 0.3) is 16.9 Å². The van der Waals surface area contributed by atoms with E-state index >= 15 is 0 Å². The smallest absolute Gasteiger partial charge is 0.433 e. The number of aliphatic carboxylic acids is 1. The van der Waals surface area contributed by atoms with Gasteiger partial charge >= 0.3 is 12.1 Å². The third-order valence-electron chi connectivity index (χ3n) is 4.61. The molecule has 0 fully saturated rings. The van der Waals surface area contributed by atoms with Crippen LogP contribution in [-0.2, 0) is 11.0 Å². The van der Waals surface area contributed by atoms with Crippen LogP contribution < -0.4 is 10.1 Å². The summed E-state index contributed by atoms with van der Waals surface area (Å²) in [6, 6.07) is 5.81. The van der Waals surface area contributed by atoms with Crippen LogP contribution >= 0.6 is 0 Å². The van der Waals surface area contributed by atoms with E-state index in [1.54, 1.807) is 26.0 Å². The Bertz CT molecular complexity index is 1120. The number of halogens is 3. The molecule has 0 saturated carbocycles. The molecule has 164 valence electrons. The lowest BCUT2D eigenvalue weighted by Crippen LogP contribution is -2.44. The van der Waals surface area contributed by atoms with Crippen LogP contribution in [-0.4, -0.2) is 44.7 Å². The summed E-state index contributed by atoms with van der Waals surface area (Å²) in [5.41, 5.74) is -1.40. The highest BCUT2D eigenvalue weighted by Crippen LogP contribution is 2.33. The molecule has 0 saturated heterocycles. The molecule has 0 bridgehead atoms. The molecule has 1 amide bonds. The molecule has 0 spiro atoms. The monoisotopic (exact) mass is 436 g/mol. The number of hydrogen-bond donors (Lipinski definition) is 2. The molecule has 31 heavy (non-hydrogen) atoms. The van der Waals surface area contributed by atoms with Crippen LogP contribution in [0.2, 0.25) is 0 Å². The predicted molar refractivity (Wildman–Crippen MR) is 104 cm³/mol. The van der Waals surface area contributed by atoms with E-state index in [-0.39, 0.29) is 16.9 Å². The van der Waals surface area contributed by atoms with Crippen molar-refractivity contribution in [1.29, 1.82) is 0 Å². The highest BCUT2D eigenvalue weighted by atomic mass is 19.4. The average Bonchev–Trinajstić information content (AvgIpc) is 3.14. The van der Waals surface area contributed by atoms with Gasteiger partial charge in [0, 0.05) is 5.56 Å². The van der Waals surface area contributed by atoms with E-state index in [0.29, 0.717) is 15.8 Å². The van der Waals surface area contributed by atoms with E-state index in [4.69, 9.17) is 4.74 Å². The van der Waals surface area contributed by atoms with Gasteiger partial charge in [0.2, 0.25) is 0 Å². The Labute approximate surface area is 174 Å². The van der Waals surface area contributed by atoms with Crippen LogP contribution in [0.4, 0.5) is 13.2 Å². The van der Waals surface area contributed by atoms with Crippen molar-refractivity contribution in [3.63, 3.8) is 0 Å². The van der Waals surface area contributed by atoms with Gasteiger partial charge in [0.25, 0.3) is 5.91 Å². The topological polar surface area (TPSA) is 106 Å². The number of rotatable bonds is 6. The van der Waals surface area contributed by atoms with E-state index < -0.39 is 35.7 Å². The normalized spacial score (nSPS) is 12.7. The van der Waals surface area contributed by atoms with E-state index in [1.807, 2.05) is 0 Å². The van der Waals surface area contributed by atoms with Crippen molar-refractivity contribution < 1.29 is 32.6 Å². The highest BCUT2D eigenvalue weighted by Gasteiger charge is 2.36. The summed E-state index contributed by atoms with van der Waals surface area (Å²) >= 11 is 0. The fourth-order valence-corrected chi connectivity index (χ4v) is 2.97. The third-order valence-corrected chi connectivity index (χ3v) is 4.61. The fraction of sp³-hybridized carbons (Fsp3) is 0.300. The SMILES string of the molecule is COc1ccc(-c2cc(C(F)(F)F)n3ncc(C(=O)N[C@H](C(=O)O)C(C)C)c3n2)cc1. The number of amides is 1. The number of fused-ring (bicyclic) bond motifs is 1. The van der Waals surface area contributed by atoms with Crippen molar-refractivity contribution in [2.24, 2.45) is 5.92 Å². The summed E-state index contributed by atoms with van der Waals surface area (Å²) in [5.74, 6) is -2.08. The van der Waals surface area contributed by atoms with Gasteiger partial charge in [-0.1, -0.05) is 13.8 Å². The van der Waals surface area contributed by atoms with Gasteiger partial charge in [-0.2, -0.15) is 18.3 Å². The second-order valence-corrected chi connectivity index (χ2v) is 7.08. The average molecular weight is 436 g/mol. The molecule has 0 aliphatic carbocycles. The zero-order valence-corrected chi connectivity index (χ0v) is 16.8. The number of carbonyl (C=O) groups excluding carboxylic acids is 1. The molecule has 1 atom stereocenters. The second-order valence-electron chi connectivity index (χ2n) is 7.08. The van der Waals surface area contributed by atoms with E-state index in [1.165, 1.54) is 19.2 Å². The maximum Gasteiger partial charge on any atom is 0.433 e. The Hall–Kier alpha value is -3.63. The third kappa shape index (κ3) is 4.44. The van der Waals surface area contributed by atoms with Gasteiger partial charge in [-0.05, 0) is 36.2 Å². The van der Waals surface area contributed by atoms with E-state index in [2.05, 4.69) is 15.4 Å². The van der Waals surface area contributed by atoms with Gasteiger partial charge < -0.3 is 15.2 Å². The first-order valence-corrected chi connectivity index (χ1v) is 9.17.